The van der Waals surface area contributed by atoms with E-state index in [9.17, 15) is 0 Å². The summed E-state index contributed by atoms with van der Waals surface area (Å²) >= 11 is 0. The fraction of sp³-hybridized carbons (Fsp3) is 0. The van der Waals surface area contributed by atoms with Gasteiger partial charge in [-0.25, -0.2) is 4.98 Å². The van der Waals surface area contributed by atoms with Gasteiger partial charge in [-0.05, 0) is 35.9 Å². The van der Waals surface area contributed by atoms with Crippen LogP contribution >= 0.6 is 0 Å². The van der Waals surface area contributed by atoms with E-state index in [1.165, 1.54) is 0 Å². The molecule has 0 amide bonds. The van der Waals surface area contributed by atoms with Crippen molar-refractivity contribution in [2.45, 2.75) is 0 Å². The monoisotopic (exact) mass is 303 g/mol. The van der Waals surface area contributed by atoms with Crippen molar-refractivity contribution in [1.29, 1.82) is 0 Å². The predicted octanol–water partition coefficient (Wildman–Crippen LogP) is 2.74. The number of anilines is 3. The fourth-order valence-electron chi connectivity index (χ4n) is 2.48. The SMILES string of the molecule is Nc1nccc(Nc2cc(-c3ccncc3)c3[nH]ncc3c2)n1. The van der Waals surface area contributed by atoms with Crippen LogP contribution in [0.15, 0.2) is 55.1 Å². The number of nitrogens with two attached hydrogens (primary N) is 1. The molecule has 3 aromatic heterocycles. The number of fused-ring (bicyclic) bond motifs is 1. The Kier molecular flexibility index (Phi) is 3.09. The van der Waals surface area contributed by atoms with Crippen molar-refractivity contribution in [3.8, 4) is 11.1 Å². The van der Waals surface area contributed by atoms with Gasteiger partial charge in [0.1, 0.15) is 5.82 Å². The molecular formula is C16H13N7. The number of nitrogens with zero attached hydrogens (tertiary/aromatic N) is 4. The Morgan fingerprint density at radius 3 is 2.74 bits per heavy atom. The third kappa shape index (κ3) is 2.55. The molecule has 0 fully saturated rings. The lowest BCUT2D eigenvalue weighted by Gasteiger charge is -2.09. The smallest absolute Gasteiger partial charge is 0.221 e. The lowest BCUT2D eigenvalue weighted by Crippen LogP contribution is -1.99. The molecule has 4 rings (SSSR count). The molecule has 0 aliphatic heterocycles. The highest BCUT2D eigenvalue weighted by atomic mass is 15.1. The molecule has 0 aliphatic carbocycles. The van der Waals surface area contributed by atoms with Crippen molar-refractivity contribution >= 4 is 28.4 Å². The van der Waals surface area contributed by atoms with Crippen LogP contribution in [0.2, 0.25) is 0 Å². The zero-order valence-electron chi connectivity index (χ0n) is 12.1. The molecule has 3 heterocycles. The van der Waals surface area contributed by atoms with Crippen molar-refractivity contribution < 1.29 is 0 Å². The summed E-state index contributed by atoms with van der Waals surface area (Å²) in [5.41, 5.74) is 9.58. The van der Waals surface area contributed by atoms with Crippen molar-refractivity contribution in [3.05, 3.63) is 55.1 Å². The maximum Gasteiger partial charge on any atom is 0.221 e. The number of hydrogen-bond donors (Lipinski definition) is 3. The molecule has 112 valence electrons. The van der Waals surface area contributed by atoms with Gasteiger partial charge in [0.15, 0.2) is 0 Å². The molecule has 4 N–H and O–H groups in total. The molecule has 0 bridgehead atoms. The summed E-state index contributed by atoms with van der Waals surface area (Å²) in [5.74, 6) is 0.870. The molecule has 7 heteroatoms. The second-order valence-corrected chi connectivity index (χ2v) is 5.02. The first-order valence-electron chi connectivity index (χ1n) is 7.03. The summed E-state index contributed by atoms with van der Waals surface area (Å²) in [4.78, 5) is 12.1. The van der Waals surface area contributed by atoms with Gasteiger partial charge in [0.25, 0.3) is 0 Å². The third-order valence-electron chi connectivity index (χ3n) is 3.49. The summed E-state index contributed by atoms with van der Waals surface area (Å²) in [7, 11) is 0. The van der Waals surface area contributed by atoms with E-state index >= 15 is 0 Å². The zero-order chi connectivity index (χ0) is 15.6. The lowest BCUT2D eigenvalue weighted by atomic mass is 10.0. The Bertz CT molecular complexity index is 963. The van der Waals surface area contributed by atoms with Crippen molar-refractivity contribution in [2.75, 3.05) is 11.1 Å². The second kappa shape index (κ2) is 5.38. The van der Waals surface area contributed by atoms with E-state index in [4.69, 9.17) is 5.73 Å². The lowest BCUT2D eigenvalue weighted by molar-refractivity contribution is 1.12. The van der Waals surface area contributed by atoms with E-state index in [1.54, 1.807) is 30.9 Å². The number of pyridine rings is 1. The van der Waals surface area contributed by atoms with Crippen molar-refractivity contribution in [2.24, 2.45) is 0 Å². The van der Waals surface area contributed by atoms with Crippen LogP contribution in [0.3, 0.4) is 0 Å². The Morgan fingerprint density at radius 1 is 1.04 bits per heavy atom. The van der Waals surface area contributed by atoms with E-state index in [1.807, 2.05) is 24.3 Å². The number of nitrogen functional groups attached to an aromatic ring is 1. The van der Waals surface area contributed by atoms with E-state index in [0.717, 1.165) is 27.7 Å². The van der Waals surface area contributed by atoms with E-state index in [0.29, 0.717) is 5.82 Å². The van der Waals surface area contributed by atoms with Gasteiger partial charge in [0, 0.05) is 35.2 Å². The van der Waals surface area contributed by atoms with Crippen LogP contribution in [0.1, 0.15) is 0 Å². The number of aromatic amines is 1. The van der Waals surface area contributed by atoms with Gasteiger partial charge >= 0.3 is 0 Å². The number of hydrogen-bond acceptors (Lipinski definition) is 6. The third-order valence-corrected chi connectivity index (χ3v) is 3.49. The Morgan fingerprint density at radius 2 is 1.91 bits per heavy atom. The molecule has 0 spiro atoms. The minimum atomic E-state index is 0.230. The summed E-state index contributed by atoms with van der Waals surface area (Å²) < 4.78 is 0. The first kappa shape index (κ1) is 13.2. The van der Waals surface area contributed by atoms with Crippen LogP contribution in [0.4, 0.5) is 17.5 Å². The minimum absolute atomic E-state index is 0.230. The molecule has 23 heavy (non-hydrogen) atoms. The standard InChI is InChI=1S/C16H13N7/c17-16-19-6-3-14(22-16)21-12-7-11-9-20-23-15(11)13(8-12)10-1-4-18-5-2-10/h1-9H,(H,20,23)(H3,17,19,21,22). The number of benzene rings is 1. The molecule has 0 radical (unpaired) electrons. The van der Waals surface area contributed by atoms with Gasteiger partial charge in [-0.15, -0.1) is 0 Å². The van der Waals surface area contributed by atoms with E-state index < -0.39 is 0 Å². The fourth-order valence-corrected chi connectivity index (χ4v) is 2.48. The van der Waals surface area contributed by atoms with Crippen molar-refractivity contribution in [1.82, 2.24) is 25.1 Å². The van der Waals surface area contributed by atoms with Crippen LogP contribution in [0, 0.1) is 0 Å². The maximum atomic E-state index is 5.62. The highest BCUT2D eigenvalue weighted by Gasteiger charge is 2.09. The average molecular weight is 303 g/mol. The molecular weight excluding hydrogens is 290 g/mol. The molecule has 0 saturated carbocycles. The second-order valence-electron chi connectivity index (χ2n) is 5.02. The zero-order valence-corrected chi connectivity index (χ0v) is 12.1. The summed E-state index contributed by atoms with van der Waals surface area (Å²) in [5, 5.41) is 11.4. The van der Waals surface area contributed by atoms with Gasteiger partial charge in [0.2, 0.25) is 5.95 Å². The average Bonchev–Trinajstić information content (AvgIpc) is 3.03. The molecule has 0 aliphatic rings. The Hall–Kier alpha value is -3.48. The van der Waals surface area contributed by atoms with Crippen LogP contribution in [-0.4, -0.2) is 25.1 Å². The van der Waals surface area contributed by atoms with Gasteiger partial charge in [0.05, 0.1) is 11.7 Å². The molecule has 0 unspecified atom stereocenters. The first-order valence-corrected chi connectivity index (χ1v) is 7.03. The topological polar surface area (TPSA) is 105 Å². The molecule has 4 aromatic rings. The number of H-pyrrole nitrogens is 1. The van der Waals surface area contributed by atoms with E-state index in [-0.39, 0.29) is 5.95 Å². The largest absolute Gasteiger partial charge is 0.368 e. The highest BCUT2D eigenvalue weighted by Crippen LogP contribution is 2.31. The maximum absolute atomic E-state index is 5.62. The minimum Gasteiger partial charge on any atom is -0.368 e. The first-order chi connectivity index (χ1) is 11.3. The van der Waals surface area contributed by atoms with Gasteiger partial charge in [-0.3, -0.25) is 10.1 Å². The van der Waals surface area contributed by atoms with Crippen LogP contribution in [0.25, 0.3) is 22.0 Å². The summed E-state index contributed by atoms with van der Waals surface area (Å²) in [6.45, 7) is 0. The summed E-state index contributed by atoms with van der Waals surface area (Å²) in [6, 6.07) is 9.72. The van der Waals surface area contributed by atoms with Crippen molar-refractivity contribution in [3.63, 3.8) is 0 Å². The van der Waals surface area contributed by atoms with Gasteiger partial charge in [-0.2, -0.15) is 10.1 Å². The van der Waals surface area contributed by atoms with Gasteiger partial charge < -0.3 is 11.1 Å². The molecule has 0 atom stereocenters. The molecule has 0 saturated heterocycles. The Balaban J connectivity index is 1.82. The van der Waals surface area contributed by atoms with Gasteiger partial charge in [-0.1, -0.05) is 0 Å². The number of rotatable bonds is 3. The highest BCUT2D eigenvalue weighted by molar-refractivity contribution is 5.96. The Labute approximate surface area is 131 Å². The quantitative estimate of drug-likeness (QED) is 0.537. The number of nitrogens with one attached hydrogen (secondary N) is 2. The molecule has 1 aromatic carbocycles. The molecule has 7 nitrogen and oxygen atoms in total. The normalized spacial score (nSPS) is 10.8. The van der Waals surface area contributed by atoms with Crippen LogP contribution in [0.5, 0.6) is 0 Å². The predicted molar refractivity (Wildman–Crippen MR) is 89.1 cm³/mol. The van der Waals surface area contributed by atoms with E-state index in [2.05, 4.69) is 30.5 Å². The summed E-state index contributed by atoms with van der Waals surface area (Å²) in [6.07, 6.45) is 6.94. The van der Waals surface area contributed by atoms with Crippen LogP contribution in [-0.2, 0) is 0 Å². The van der Waals surface area contributed by atoms with Crippen LogP contribution < -0.4 is 11.1 Å². The number of aromatic nitrogens is 5.